The van der Waals surface area contributed by atoms with E-state index in [4.69, 9.17) is 16.3 Å². The second kappa shape index (κ2) is 10.7. The molecule has 0 spiro atoms. The van der Waals surface area contributed by atoms with Gasteiger partial charge in [-0.3, -0.25) is 18.9 Å². The first-order valence-electron chi connectivity index (χ1n) is 12.0. The number of hydrogen-bond donors (Lipinski definition) is 1. The first kappa shape index (κ1) is 27.4. The summed E-state index contributed by atoms with van der Waals surface area (Å²) in [7, 11) is 0. The molecule has 1 aliphatic heterocycles. The van der Waals surface area contributed by atoms with Crippen LogP contribution < -0.4 is 21.3 Å². The first-order chi connectivity index (χ1) is 18.5. The summed E-state index contributed by atoms with van der Waals surface area (Å²) in [5.74, 6) is 0.553. The number of thiophene rings is 1. The highest BCUT2D eigenvalue weighted by Gasteiger charge is 2.29. The number of benzene rings is 1. The summed E-state index contributed by atoms with van der Waals surface area (Å²) in [5.41, 5.74) is 0.968. The fourth-order valence-corrected chi connectivity index (χ4v) is 6.05. The van der Waals surface area contributed by atoms with Gasteiger partial charge >= 0.3 is 11.9 Å². The van der Waals surface area contributed by atoms with E-state index in [9.17, 15) is 27.2 Å². The van der Waals surface area contributed by atoms with Gasteiger partial charge in [0.1, 0.15) is 24.6 Å². The van der Waals surface area contributed by atoms with Gasteiger partial charge < -0.3 is 10.1 Å². The number of nitrogens with one attached hydrogen (secondary N) is 1. The number of hydrogen-bond acceptors (Lipinski definition) is 6. The molecule has 0 amide bonds. The lowest BCUT2D eigenvalue weighted by Crippen LogP contribution is -2.43. The monoisotopic (exact) mass is 582 g/mol. The number of aromatic nitrogens is 3. The molecule has 13 heteroatoms. The Morgan fingerprint density at radius 1 is 1.18 bits per heavy atom. The van der Waals surface area contributed by atoms with Crippen LogP contribution in [0.3, 0.4) is 0 Å². The van der Waals surface area contributed by atoms with Crippen LogP contribution in [-0.4, -0.2) is 45.7 Å². The molecule has 1 fully saturated rings. The van der Waals surface area contributed by atoms with E-state index >= 15 is 0 Å². The van der Waals surface area contributed by atoms with Crippen molar-refractivity contribution in [3.8, 4) is 16.9 Å². The van der Waals surface area contributed by atoms with Crippen molar-refractivity contribution >= 4 is 33.2 Å². The Balaban J connectivity index is 1.54. The fourth-order valence-electron chi connectivity index (χ4n) is 4.64. The van der Waals surface area contributed by atoms with Gasteiger partial charge in [-0.2, -0.15) is 13.2 Å². The maximum absolute atomic E-state index is 14.0. The maximum atomic E-state index is 14.0. The molecule has 0 unspecified atom stereocenters. The minimum Gasteiger partial charge on any atom is -0.488 e. The Hall–Kier alpha value is -3.22. The Morgan fingerprint density at radius 2 is 1.97 bits per heavy atom. The van der Waals surface area contributed by atoms with E-state index in [2.05, 4.69) is 10.3 Å². The molecule has 0 saturated carbocycles. The van der Waals surface area contributed by atoms with E-state index in [0.29, 0.717) is 42.5 Å². The van der Waals surface area contributed by atoms with Crippen LogP contribution in [0.2, 0.25) is 5.02 Å². The molecule has 1 N–H and O–H groups in total. The number of nitrogens with zero attached hydrogens (tertiary/aromatic N) is 3. The van der Waals surface area contributed by atoms with Crippen LogP contribution in [0, 0.1) is 6.92 Å². The maximum Gasteiger partial charge on any atom is 0.406 e. The number of alkyl halides is 4. The third-order valence-corrected chi connectivity index (χ3v) is 7.70. The minimum atomic E-state index is -4.61. The van der Waals surface area contributed by atoms with Crippen LogP contribution in [-0.2, 0) is 13.1 Å². The molecule has 1 aromatic carbocycles. The molecule has 39 heavy (non-hydrogen) atoms. The van der Waals surface area contributed by atoms with Crippen LogP contribution in [0.5, 0.6) is 5.75 Å². The van der Waals surface area contributed by atoms with Gasteiger partial charge in [0.2, 0.25) is 0 Å². The van der Waals surface area contributed by atoms with Gasteiger partial charge in [0.05, 0.1) is 16.8 Å². The number of halogens is 5. The van der Waals surface area contributed by atoms with Crippen molar-refractivity contribution in [3.63, 3.8) is 0 Å². The first-order valence-corrected chi connectivity index (χ1v) is 13.2. The summed E-state index contributed by atoms with van der Waals surface area (Å²) >= 11 is 7.66. The molecule has 0 aliphatic carbocycles. The van der Waals surface area contributed by atoms with Crippen LogP contribution in [0.25, 0.3) is 21.3 Å². The molecule has 7 nitrogen and oxygen atoms in total. The molecule has 2 atom stereocenters. The minimum absolute atomic E-state index is 0.222. The predicted molar refractivity (Wildman–Crippen MR) is 142 cm³/mol. The number of rotatable bonds is 6. The van der Waals surface area contributed by atoms with Gasteiger partial charge in [-0.1, -0.05) is 11.6 Å². The second-order valence-corrected chi connectivity index (χ2v) is 11.0. The summed E-state index contributed by atoms with van der Waals surface area (Å²) in [4.78, 5) is 30.0. The summed E-state index contributed by atoms with van der Waals surface area (Å²) in [6.07, 6.45) is -3.33. The normalized spacial score (nSPS) is 18.0. The summed E-state index contributed by atoms with van der Waals surface area (Å²) < 4.78 is 60.9. The zero-order valence-corrected chi connectivity index (χ0v) is 22.2. The second-order valence-electron chi connectivity index (χ2n) is 9.38. The molecule has 4 heterocycles. The quantitative estimate of drug-likeness (QED) is 0.326. The lowest BCUT2D eigenvalue weighted by Gasteiger charge is -2.28. The molecule has 0 bridgehead atoms. The van der Waals surface area contributed by atoms with Crippen molar-refractivity contribution in [2.75, 3.05) is 13.1 Å². The number of ether oxygens (including phenoxy) is 1. The van der Waals surface area contributed by atoms with E-state index in [0.717, 1.165) is 28.0 Å². The third kappa shape index (κ3) is 6.02. The van der Waals surface area contributed by atoms with Crippen molar-refractivity contribution in [3.05, 3.63) is 79.0 Å². The average Bonchev–Trinajstić information content (AvgIpc) is 3.27. The van der Waals surface area contributed by atoms with Crippen LogP contribution in [0.4, 0.5) is 17.6 Å². The van der Waals surface area contributed by atoms with E-state index < -0.39 is 30.1 Å². The standard InChI is InChI=1S/C26H23ClF4N4O3S/c1-14-6-15(27)7-20(23(14)38-17-8-16(28)10-32-11-17)19-2-4-33-21-9-18(39-24(19)21)12-35-22(36)3-5-34(25(35)37)13-26(29,30)31/h2-7,9,16-17,32H,8,10-13H2,1H3/t16-,17+/m1/s1. The highest BCUT2D eigenvalue weighted by molar-refractivity contribution is 7.19. The van der Waals surface area contributed by atoms with Gasteiger partial charge in [-0.25, -0.2) is 9.18 Å². The summed E-state index contributed by atoms with van der Waals surface area (Å²) in [6, 6.07) is 7.91. The Bertz CT molecular complexity index is 1650. The Labute approximate surface area is 228 Å². The summed E-state index contributed by atoms with van der Waals surface area (Å²) in [6.45, 7) is 0.899. The van der Waals surface area contributed by atoms with Gasteiger partial charge in [0.25, 0.3) is 5.56 Å². The molecule has 1 aliphatic rings. The highest BCUT2D eigenvalue weighted by Crippen LogP contribution is 2.42. The molecule has 0 radical (unpaired) electrons. The molecule has 206 valence electrons. The topological polar surface area (TPSA) is 78.2 Å². The Kier molecular flexibility index (Phi) is 7.53. The van der Waals surface area contributed by atoms with Gasteiger partial charge in [-0.05, 0) is 36.8 Å². The number of pyridine rings is 1. The third-order valence-electron chi connectivity index (χ3n) is 6.34. The molecular formula is C26H23ClF4N4O3S. The molecule has 4 aromatic rings. The molecule has 1 saturated heterocycles. The van der Waals surface area contributed by atoms with E-state index in [1.54, 1.807) is 30.5 Å². The van der Waals surface area contributed by atoms with Crippen LogP contribution >= 0.6 is 22.9 Å². The number of piperidine rings is 1. The lowest BCUT2D eigenvalue weighted by molar-refractivity contribution is -0.141. The molecule has 3 aromatic heterocycles. The van der Waals surface area contributed by atoms with Crippen molar-refractivity contribution in [2.45, 2.75) is 44.9 Å². The Morgan fingerprint density at radius 3 is 2.72 bits per heavy atom. The zero-order valence-electron chi connectivity index (χ0n) is 20.6. The van der Waals surface area contributed by atoms with Crippen molar-refractivity contribution in [1.82, 2.24) is 19.4 Å². The van der Waals surface area contributed by atoms with Crippen molar-refractivity contribution in [1.29, 1.82) is 0 Å². The van der Waals surface area contributed by atoms with Gasteiger partial charge in [0.15, 0.2) is 0 Å². The lowest BCUT2D eigenvalue weighted by atomic mass is 10.0. The number of fused-ring (bicyclic) bond motifs is 1. The number of aryl methyl sites for hydroxylation is 1. The SMILES string of the molecule is Cc1cc(Cl)cc(-c2ccnc3cc(Cn4c(=O)ccn(CC(F)(F)F)c4=O)sc23)c1O[C@@H]1CNC[C@H](F)C1. The highest BCUT2D eigenvalue weighted by atomic mass is 35.5. The summed E-state index contributed by atoms with van der Waals surface area (Å²) in [5, 5.41) is 3.50. The van der Waals surface area contributed by atoms with Crippen molar-refractivity contribution in [2.24, 2.45) is 0 Å². The van der Waals surface area contributed by atoms with Gasteiger partial charge in [-0.15, -0.1) is 11.3 Å². The van der Waals surface area contributed by atoms with Crippen molar-refractivity contribution < 1.29 is 22.3 Å². The van der Waals surface area contributed by atoms with Crippen LogP contribution in [0.15, 0.2) is 52.3 Å². The molecule has 5 rings (SSSR count). The molecular weight excluding hydrogens is 560 g/mol. The smallest absolute Gasteiger partial charge is 0.406 e. The van der Waals surface area contributed by atoms with E-state index in [1.165, 1.54) is 11.3 Å². The van der Waals surface area contributed by atoms with E-state index in [-0.39, 0.29) is 25.6 Å². The largest absolute Gasteiger partial charge is 0.488 e. The van der Waals surface area contributed by atoms with Gasteiger partial charge in [0, 0.05) is 59.0 Å². The fraction of sp³-hybridized carbons (Fsp3) is 0.346. The van der Waals surface area contributed by atoms with E-state index in [1.807, 2.05) is 6.92 Å². The van der Waals surface area contributed by atoms with Crippen LogP contribution in [0.1, 0.15) is 16.9 Å². The predicted octanol–water partition coefficient (Wildman–Crippen LogP) is 4.94. The zero-order chi connectivity index (χ0) is 27.9. The average molecular weight is 583 g/mol.